The fraction of sp³-hybridized carbons (Fsp3) is 0.375. The molecule has 0 unspecified atom stereocenters. The fourth-order valence-corrected chi connectivity index (χ4v) is 3.21. The van der Waals surface area contributed by atoms with Crippen LogP contribution in [0.2, 0.25) is 5.02 Å². The highest BCUT2D eigenvalue weighted by Gasteiger charge is 2.34. The van der Waals surface area contributed by atoms with Crippen molar-refractivity contribution in [2.24, 2.45) is 0 Å². The van der Waals surface area contributed by atoms with Gasteiger partial charge in [0.1, 0.15) is 6.04 Å². The van der Waals surface area contributed by atoms with E-state index in [4.69, 9.17) is 21.4 Å². The molecule has 0 saturated carbocycles. The van der Waals surface area contributed by atoms with E-state index < -0.39 is 18.0 Å². The average Bonchev–Trinajstić information content (AvgIpc) is 2.51. The molecule has 0 aromatic heterocycles. The third-order valence-corrected chi connectivity index (χ3v) is 4.74. The smallest absolute Gasteiger partial charge is 0.328 e. The van der Waals surface area contributed by atoms with Crippen LogP contribution >= 0.6 is 24.2 Å². The van der Waals surface area contributed by atoms with Crippen LogP contribution in [0.5, 0.6) is 0 Å². The summed E-state index contributed by atoms with van der Waals surface area (Å²) in [7, 11) is 1.32. The third-order valence-electron chi connectivity index (χ3n) is 3.80. The lowest BCUT2D eigenvalue weighted by molar-refractivity contribution is -0.147. The molecule has 1 saturated heterocycles. The van der Waals surface area contributed by atoms with Crippen LogP contribution in [-0.4, -0.2) is 47.4 Å². The van der Waals surface area contributed by atoms with Crippen molar-refractivity contribution in [1.29, 1.82) is 0 Å². The van der Waals surface area contributed by atoms with Crippen LogP contribution in [0.1, 0.15) is 18.0 Å². The van der Waals surface area contributed by atoms with Gasteiger partial charge in [0.25, 0.3) is 0 Å². The molecule has 2 rings (SSSR count). The van der Waals surface area contributed by atoms with Crippen LogP contribution < -0.4 is 0 Å². The minimum Gasteiger partial charge on any atom is -0.478 e. The summed E-state index contributed by atoms with van der Waals surface area (Å²) in [4.78, 5) is 25.1. The lowest BCUT2D eigenvalue weighted by Gasteiger charge is -2.36. The Labute approximate surface area is 145 Å². The minimum absolute atomic E-state index is 0.133. The first-order valence-corrected chi connectivity index (χ1v) is 8.01. The highest BCUT2D eigenvalue weighted by molar-refractivity contribution is 7.81. The van der Waals surface area contributed by atoms with Crippen molar-refractivity contribution in [2.45, 2.75) is 17.7 Å². The summed E-state index contributed by atoms with van der Waals surface area (Å²) < 4.78 is 4.92. The number of halogens is 1. The third kappa shape index (κ3) is 4.28. The standard InChI is InChI=1S/C16H18ClNO4S/c1-22-16(21)15(11-4-2-3-5-12(11)17)18-7-6-13(23)10(9-18)8-14(19)20/h2-5,8,13,15,23H,6-7,9H2,1H3,(H,19,20)/b10-8+/t13-,15+/m1/s1. The minimum atomic E-state index is -1.02. The average molecular weight is 356 g/mol. The highest BCUT2D eigenvalue weighted by Crippen LogP contribution is 2.33. The number of carbonyl (C=O) groups excluding carboxylic acids is 1. The summed E-state index contributed by atoms with van der Waals surface area (Å²) in [5, 5.41) is 9.32. The second kappa shape index (κ2) is 7.86. The van der Waals surface area contributed by atoms with Gasteiger partial charge in [-0.2, -0.15) is 12.6 Å². The number of methoxy groups -OCH3 is 1. The van der Waals surface area contributed by atoms with Crippen molar-refractivity contribution >= 4 is 36.2 Å². The maximum Gasteiger partial charge on any atom is 0.328 e. The molecular formula is C16H18ClNO4S. The van der Waals surface area contributed by atoms with E-state index >= 15 is 0 Å². The fourth-order valence-electron chi connectivity index (χ4n) is 2.69. The molecule has 5 nitrogen and oxygen atoms in total. The molecule has 7 heteroatoms. The summed E-state index contributed by atoms with van der Waals surface area (Å²) in [5.74, 6) is -1.45. The molecule has 1 aromatic carbocycles. The number of likely N-dealkylation sites (tertiary alicyclic amines) is 1. The number of thiol groups is 1. The SMILES string of the molecule is COC(=O)[C@H](c1ccccc1Cl)N1CC[C@@H](S)/C(=C/C(=O)O)C1. The number of nitrogens with zero attached hydrogens (tertiary/aromatic N) is 1. The van der Waals surface area contributed by atoms with E-state index in [9.17, 15) is 9.59 Å². The van der Waals surface area contributed by atoms with Gasteiger partial charge in [0.15, 0.2) is 0 Å². The Hall–Kier alpha value is -1.50. The van der Waals surface area contributed by atoms with Crippen LogP contribution in [0.15, 0.2) is 35.9 Å². The van der Waals surface area contributed by atoms with Gasteiger partial charge in [-0.15, -0.1) is 0 Å². The number of aliphatic carboxylic acids is 1. The molecule has 1 aliphatic rings. The molecule has 1 N–H and O–H groups in total. The largest absolute Gasteiger partial charge is 0.478 e. The highest BCUT2D eigenvalue weighted by atomic mass is 35.5. The van der Waals surface area contributed by atoms with E-state index in [-0.39, 0.29) is 5.25 Å². The van der Waals surface area contributed by atoms with E-state index in [0.29, 0.717) is 35.7 Å². The molecule has 1 heterocycles. The van der Waals surface area contributed by atoms with Crippen molar-refractivity contribution < 1.29 is 19.4 Å². The number of esters is 1. The lowest BCUT2D eigenvalue weighted by Crippen LogP contribution is -2.42. The van der Waals surface area contributed by atoms with Gasteiger partial charge in [-0.1, -0.05) is 29.8 Å². The number of carboxylic acids is 1. The first-order valence-electron chi connectivity index (χ1n) is 7.11. The zero-order valence-corrected chi connectivity index (χ0v) is 14.3. The first-order chi connectivity index (χ1) is 10.9. The van der Waals surface area contributed by atoms with Crippen LogP contribution in [-0.2, 0) is 14.3 Å². The molecule has 0 spiro atoms. The second-order valence-corrected chi connectivity index (χ2v) is 6.31. The zero-order valence-electron chi connectivity index (χ0n) is 12.6. The molecule has 124 valence electrons. The number of hydrogen-bond donors (Lipinski definition) is 2. The van der Waals surface area contributed by atoms with Crippen molar-refractivity contribution in [3.63, 3.8) is 0 Å². The van der Waals surface area contributed by atoms with Crippen LogP contribution in [0.25, 0.3) is 0 Å². The van der Waals surface area contributed by atoms with Crippen molar-refractivity contribution in [1.82, 2.24) is 4.90 Å². The molecule has 1 fully saturated rings. The molecule has 0 bridgehead atoms. The molecule has 23 heavy (non-hydrogen) atoms. The van der Waals surface area contributed by atoms with E-state index in [2.05, 4.69) is 12.6 Å². The van der Waals surface area contributed by atoms with Gasteiger partial charge in [-0.3, -0.25) is 4.90 Å². The number of benzene rings is 1. The van der Waals surface area contributed by atoms with Gasteiger partial charge in [-0.05, 0) is 23.6 Å². The monoisotopic (exact) mass is 355 g/mol. The molecular weight excluding hydrogens is 338 g/mol. The molecule has 0 amide bonds. The van der Waals surface area contributed by atoms with Crippen molar-refractivity contribution in [3.05, 3.63) is 46.5 Å². The summed E-state index contributed by atoms with van der Waals surface area (Å²) in [5.41, 5.74) is 1.31. The van der Waals surface area contributed by atoms with Crippen LogP contribution in [0.4, 0.5) is 0 Å². The topological polar surface area (TPSA) is 66.8 Å². The zero-order chi connectivity index (χ0) is 17.0. The van der Waals surface area contributed by atoms with E-state index in [1.54, 1.807) is 24.3 Å². The Morgan fingerprint density at radius 1 is 1.48 bits per heavy atom. The summed E-state index contributed by atoms with van der Waals surface area (Å²) in [6.07, 6.45) is 1.80. The quantitative estimate of drug-likeness (QED) is 0.493. The molecule has 0 radical (unpaired) electrons. The number of ether oxygens (including phenoxy) is 1. The summed E-state index contributed by atoms with van der Waals surface area (Å²) >= 11 is 10.7. The second-order valence-electron chi connectivity index (χ2n) is 5.28. The van der Waals surface area contributed by atoms with Gasteiger partial charge in [0, 0.05) is 29.4 Å². The first kappa shape index (κ1) is 17.8. The Morgan fingerprint density at radius 3 is 2.78 bits per heavy atom. The predicted octanol–water partition coefficient (Wildman–Crippen LogP) is 2.57. The maximum absolute atomic E-state index is 12.3. The number of carboxylic acid groups (broad SMARTS) is 1. The molecule has 2 atom stereocenters. The number of piperidine rings is 1. The predicted molar refractivity (Wildman–Crippen MR) is 90.9 cm³/mol. The Kier molecular flexibility index (Phi) is 6.10. The van der Waals surface area contributed by atoms with Crippen molar-refractivity contribution in [3.8, 4) is 0 Å². The number of hydrogen-bond acceptors (Lipinski definition) is 5. The molecule has 1 aliphatic heterocycles. The Bertz CT molecular complexity index is 634. The van der Waals surface area contributed by atoms with Crippen LogP contribution in [0.3, 0.4) is 0 Å². The molecule has 0 aliphatic carbocycles. The lowest BCUT2D eigenvalue weighted by atomic mass is 9.98. The Balaban J connectivity index is 2.35. The van der Waals surface area contributed by atoms with Gasteiger partial charge in [-0.25, -0.2) is 9.59 Å². The van der Waals surface area contributed by atoms with E-state index in [1.807, 2.05) is 4.90 Å². The van der Waals surface area contributed by atoms with Gasteiger partial charge in [0.2, 0.25) is 0 Å². The van der Waals surface area contributed by atoms with Gasteiger partial charge < -0.3 is 9.84 Å². The number of rotatable bonds is 4. The van der Waals surface area contributed by atoms with E-state index in [1.165, 1.54) is 7.11 Å². The summed E-state index contributed by atoms with van der Waals surface area (Å²) in [6, 6.07) is 6.40. The maximum atomic E-state index is 12.3. The molecule has 1 aromatic rings. The van der Waals surface area contributed by atoms with Crippen LogP contribution in [0, 0.1) is 0 Å². The van der Waals surface area contributed by atoms with Gasteiger partial charge >= 0.3 is 11.9 Å². The van der Waals surface area contributed by atoms with E-state index in [0.717, 1.165) is 6.08 Å². The van der Waals surface area contributed by atoms with Gasteiger partial charge in [0.05, 0.1) is 7.11 Å². The Morgan fingerprint density at radius 2 is 2.17 bits per heavy atom. The number of carbonyl (C=O) groups is 2. The van der Waals surface area contributed by atoms with Crippen molar-refractivity contribution in [2.75, 3.05) is 20.2 Å². The summed E-state index contributed by atoms with van der Waals surface area (Å²) in [6.45, 7) is 0.918. The normalized spacial score (nSPS) is 21.9.